The number of piperidine rings is 1. The molecule has 2 aliphatic rings. The number of nitrogens with one attached hydrogen (secondary N) is 1. The number of hydrogen-bond donors (Lipinski definition) is 2. The largest absolute Gasteiger partial charge is 0.393 e. The zero-order valence-corrected chi connectivity index (χ0v) is 15.3. The van der Waals surface area contributed by atoms with Gasteiger partial charge in [-0.05, 0) is 49.9 Å². The minimum Gasteiger partial charge on any atom is -0.393 e. The lowest BCUT2D eigenvalue weighted by Gasteiger charge is -2.42. The van der Waals surface area contributed by atoms with Gasteiger partial charge in [-0.2, -0.15) is 0 Å². The van der Waals surface area contributed by atoms with Crippen LogP contribution in [0.15, 0.2) is 29.2 Å². The van der Waals surface area contributed by atoms with Crippen molar-refractivity contribution in [3.8, 4) is 0 Å². The lowest BCUT2D eigenvalue weighted by molar-refractivity contribution is 0.0420. The fraction of sp³-hybridized carbons (Fsp3) is 0.647. The first kappa shape index (κ1) is 18.1. The Morgan fingerprint density at radius 1 is 1.04 bits per heavy atom. The third kappa shape index (κ3) is 4.29. The molecule has 1 aromatic carbocycles. The van der Waals surface area contributed by atoms with E-state index < -0.39 is 10.0 Å². The Balaban J connectivity index is 1.72. The average molecular weight is 373 g/mol. The van der Waals surface area contributed by atoms with Gasteiger partial charge < -0.3 is 5.11 Å². The summed E-state index contributed by atoms with van der Waals surface area (Å²) in [5.41, 5.74) is 0. The van der Waals surface area contributed by atoms with Crippen LogP contribution in [0.4, 0.5) is 0 Å². The third-order valence-corrected chi connectivity index (χ3v) is 6.89. The quantitative estimate of drug-likeness (QED) is 0.851. The second-order valence-corrected chi connectivity index (χ2v) is 8.95. The van der Waals surface area contributed by atoms with Crippen molar-refractivity contribution in [2.75, 3.05) is 13.1 Å². The van der Waals surface area contributed by atoms with Gasteiger partial charge in [0.1, 0.15) is 0 Å². The number of halogens is 1. The van der Waals surface area contributed by atoms with Crippen LogP contribution in [-0.4, -0.2) is 49.7 Å². The fourth-order valence-corrected chi connectivity index (χ4v) is 5.21. The van der Waals surface area contributed by atoms with E-state index in [1.54, 1.807) is 24.3 Å². The van der Waals surface area contributed by atoms with Crippen LogP contribution >= 0.6 is 11.6 Å². The number of likely N-dealkylation sites (tertiary alicyclic amines) is 1. The maximum Gasteiger partial charge on any atom is 0.240 e. The van der Waals surface area contributed by atoms with E-state index >= 15 is 0 Å². The predicted octanol–water partition coefficient (Wildman–Crippen LogP) is 2.39. The highest BCUT2D eigenvalue weighted by molar-refractivity contribution is 7.89. The molecule has 7 heteroatoms. The first-order valence-corrected chi connectivity index (χ1v) is 10.5. The fourth-order valence-electron chi connectivity index (χ4n) is 3.78. The molecule has 1 heterocycles. The molecule has 0 amide bonds. The molecule has 2 atom stereocenters. The van der Waals surface area contributed by atoms with Crippen LogP contribution in [0.5, 0.6) is 0 Å². The normalized spacial score (nSPS) is 27.2. The van der Waals surface area contributed by atoms with Crippen molar-refractivity contribution >= 4 is 21.6 Å². The molecule has 0 bridgehead atoms. The Hall–Kier alpha value is -0.660. The highest BCUT2D eigenvalue weighted by atomic mass is 35.5. The maximum absolute atomic E-state index is 12.7. The lowest BCUT2D eigenvalue weighted by Crippen LogP contribution is -2.55. The van der Waals surface area contributed by atoms with Crippen molar-refractivity contribution in [2.45, 2.75) is 61.6 Å². The van der Waals surface area contributed by atoms with Gasteiger partial charge in [-0.1, -0.05) is 24.4 Å². The zero-order chi connectivity index (χ0) is 17.2. The van der Waals surface area contributed by atoms with E-state index in [9.17, 15) is 13.5 Å². The van der Waals surface area contributed by atoms with Crippen LogP contribution in [0.2, 0.25) is 5.02 Å². The van der Waals surface area contributed by atoms with Gasteiger partial charge in [0.15, 0.2) is 0 Å². The molecule has 1 aromatic rings. The summed E-state index contributed by atoms with van der Waals surface area (Å²) in [5, 5.41) is 10.2. The van der Waals surface area contributed by atoms with Crippen molar-refractivity contribution in [3.05, 3.63) is 29.3 Å². The standard InChI is InChI=1S/C17H25ClN2O3S/c18-13-5-7-15(8-6-13)24(22,23)19-16-3-1-2-4-17(16)20-11-9-14(21)10-12-20/h5-8,14,16-17,19,21H,1-4,9-12H2/t16-,17+/m1/s1. The number of sulfonamides is 1. The SMILES string of the molecule is O=S(=O)(N[C@@H]1CCCC[C@@H]1N1CCC(O)CC1)c1ccc(Cl)cc1. The summed E-state index contributed by atoms with van der Waals surface area (Å²) in [5.74, 6) is 0. The smallest absolute Gasteiger partial charge is 0.240 e. The molecule has 24 heavy (non-hydrogen) atoms. The molecule has 0 aromatic heterocycles. The molecule has 2 fully saturated rings. The summed E-state index contributed by atoms with van der Waals surface area (Å²) in [6, 6.07) is 6.42. The summed E-state index contributed by atoms with van der Waals surface area (Å²) in [4.78, 5) is 2.60. The van der Waals surface area contributed by atoms with Gasteiger partial charge >= 0.3 is 0 Å². The molecule has 2 N–H and O–H groups in total. The summed E-state index contributed by atoms with van der Waals surface area (Å²) in [6.45, 7) is 1.68. The van der Waals surface area contributed by atoms with Crippen LogP contribution in [0.25, 0.3) is 0 Å². The van der Waals surface area contributed by atoms with E-state index in [1.165, 1.54) is 0 Å². The summed E-state index contributed by atoms with van der Waals surface area (Å²) >= 11 is 5.85. The highest BCUT2D eigenvalue weighted by Crippen LogP contribution is 2.27. The van der Waals surface area contributed by atoms with Crippen LogP contribution < -0.4 is 4.72 Å². The second kappa shape index (κ2) is 7.70. The molecule has 1 saturated carbocycles. The van der Waals surface area contributed by atoms with E-state index in [4.69, 9.17) is 11.6 Å². The van der Waals surface area contributed by atoms with Crippen molar-refractivity contribution < 1.29 is 13.5 Å². The molecule has 1 aliphatic carbocycles. The predicted molar refractivity (Wildman–Crippen MR) is 94.6 cm³/mol. The monoisotopic (exact) mass is 372 g/mol. The van der Waals surface area contributed by atoms with Crippen LogP contribution in [-0.2, 0) is 10.0 Å². The summed E-state index contributed by atoms with van der Waals surface area (Å²) < 4.78 is 28.3. The van der Waals surface area contributed by atoms with Crippen LogP contribution in [0.1, 0.15) is 38.5 Å². The zero-order valence-electron chi connectivity index (χ0n) is 13.7. The molecule has 5 nitrogen and oxygen atoms in total. The summed E-state index contributed by atoms with van der Waals surface area (Å²) in [6.07, 6.45) is 5.36. The van der Waals surface area contributed by atoms with Gasteiger partial charge in [-0.25, -0.2) is 13.1 Å². The molecule has 1 saturated heterocycles. The Morgan fingerprint density at radius 3 is 2.33 bits per heavy atom. The lowest BCUT2D eigenvalue weighted by atomic mass is 9.88. The Bertz CT molecular complexity index is 642. The number of aliphatic hydroxyl groups excluding tert-OH is 1. The minimum atomic E-state index is -3.54. The van der Waals surface area contributed by atoms with E-state index in [1.807, 2.05) is 0 Å². The third-order valence-electron chi connectivity index (χ3n) is 5.13. The van der Waals surface area contributed by atoms with Crippen molar-refractivity contribution in [1.82, 2.24) is 9.62 Å². The molecule has 0 radical (unpaired) electrons. The average Bonchev–Trinajstić information content (AvgIpc) is 2.56. The number of hydrogen-bond acceptors (Lipinski definition) is 4. The van der Waals surface area contributed by atoms with Crippen molar-refractivity contribution in [1.29, 1.82) is 0 Å². The number of aliphatic hydroxyl groups is 1. The van der Waals surface area contributed by atoms with E-state index in [0.29, 0.717) is 5.02 Å². The maximum atomic E-state index is 12.7. The minimum absolute atomic E-state index is 0.0744. The van der Waals surface area contributed by atoms with Gasteiger partial charge in [0.2, 0.25) is 10.0 Å². The molecular formula is C17H25ClN2O3S. The van der Waals surface area contributed by atoms with Crippen LogP contribution in [0.3, 0.4) is 0 Å². The molecule has 0 unspecified atom stereocenters. The van der Waals surface area contributed by atoms with Gasteiger partial charge in [0.25, 0.3) is 0 Å². The van der Waals surface area contributed by atoms with E-state index in [2.05, 4.69) is 9.62 Å². The van der Waals surface area contributed by atoms with E-state index in [0.717, 1.165) is 51.6 Å². The Morgan fingerprint density at radius 2 is 1.67 bits per heavy atom. The van der Waals surface area contributed by atoms with Gasteiger partial charge in [0.05, 0.1) is 11.0 Å². The topological polar surface area (TPSA) is 69.6 Å². The molecule has 1 aliphatic heterocycles. The number of rotatable bonds is 4. The van der Waals surface area contributed by atoms with Gasteiger partial charge in [-0.3, -0.25) is 4.90 Å². The first-order valence-electron chi connectivity index (χ1n) is 8.66. The highest BCUT2D eigenvalue weighted by Gasteiger charge is 2.34. The van der Waals surface area contributed by atoms with Crippen molar-refractivity contribution in [2.24, 2.45) is 0 Å². The molecular weight excluding hydrogens is 348 g/mol. The van der Waals surface area contributed by atoms with Crippen molar-refractivity contribution in [3.63, 3.8) is 0 Å². The molecule has 3 rings (SSSR count). The Kier molecular flexibility index (Phi) is 5.82. The number of benzene rings is 1. The molecule has 134 valence electrons. The van der Waals surface area contributed by atoms with E-state index in [-0.39, 0.29) is 23.1 Å². The summed E-state index contributed by atoms with van der Waals surface area (Å²) in [7, 11) is -3.54. The first-order chi connectivity index (χ1) is 11.5. The number of nitrogens with zero attached hydrogens (tertiary/aromatic N) is 1. The van der Waals surface area contributed by atoms with Gasteiger partial charge in [-0.15, -0.1) is 0 Å². The van der Waals surface area contributed by atoms with Gasteiger partial charge in [0, 0.05) is 30.2 Å². The second-order valence-electron chi connectivity index (χ2n) is 6.80. The Labute approximate surface area is 149 Å². The van der Waals surface area contributed by atoms with Crippen LogP contribution in [0, 0.1) is 0 Å². The molecule has 0 spiro atoms.